The number of hydrogen-bond donors (Lipinski definition) is 0. The van der Waals surface area contributed by atoms with Crippen LogP contribution in [0.5, 0.6) is 0 Å². The van der Waals surface area contributed by atoms with Gasteiger partial charge in [0.05, 0.1) is 6.61 Å². The monoisotopic (exact) mass is 619 g/mol. The maximum Gasteiger partial charge on any atom is 0.333 e. The van der Waals surface area contributed by atoms with Crippen LogP contribution in [-0.2, 0) is 9.53 Å². The van der Waals surface area contributed by atoms with Gasteiger partial charge in [-0.15, -0.1) is 0 Å². The SMILES string of the molecule is C=C(C)C(=O)OCC(CCCCCCCCCCCCCCCCCC)CCCCCCCCCCCCCCCCCC. The molecule has 0 aromatic carbocycles. The molecule has 0 N–H and O–H groups in total. The largest absolute Gasteiger partial charge is 0.462 e. The summed E-state index contributed by atoms with van der Waals surface area (Å²) in [6.07, 6.45) is 47.6. The maximum atomic E-state index is 12.0. The summed E-state index contributed by atoms with van der Waals surface area (Å²) >= 11 is 0. The Morgan fingerprint density at radius 2 is 0.659 bits per heavy atom. The van der Waals surface area contributed by atoms with Crippen molar-refractivity contribution in [3.8, 4) is 0 Å². The molecular formula is C42H82O2. The van der Waals surface area contributed by atoms with Crippen molar-refractivity contribution in [2.75, 3.05) is 6.61 Å². The minimum Gasteiger partial charge on any atom is -0.462 e. The van der Waals surface area contributed by atoms with Gasteiger partial charge in [-0.25, -0.2) is 4.79 Å². The van der Waals surface area contributed by atoms with E-state index in [2.05, 4.69) is 20.4 Å². The average Bonchev–Trinajstić information content (AvgIpc) is 3.02. The fourth-order valence-electron chi connectivity index (χ4n) is 6.59. The zero-order valence-corrected chi connectivity index (χ0v) is 30.8. The van der Waals surface area contributed by atoms with Crippen LogP contribution in [0.4, 0.5) is 0 Å². The molecule has 0 spiro atoms. The maximum absolute atomic E-state index is 12.0. The minimum absolute atomic E-state index is 0.214. The molecule has 0 saturated carbocycles. The van der Waals surface area contributed by atoms with E-state index in [0.717, 1.165) is 0 Å². The van der Waals surface area contributed by atoms with E-state index < -0.39 is 0 Å². The molecule has 2 heteroatoms. The fourth-order valence-corrected chi connectivity index (χ4v) is 6.59. The summed E-state index contributed by atoms with van der Waals surface area (Å²) in [6, 6.07) is 0. The number of carbonyl (C=O) groups excluding carboxylic acids is 1. The molecule has 0 aromatic rings. The van der Waals surface area contributed by atoms with E-state index in [1.54, 1.807) is 6.92 Å². The van der Waals surface area contributed by atoms with Gasteiger partial charge in [0.2, 0.25) is 0 Å². The van der Waals surface area contributed by atoms with Gasteiger partial charge >= 0.3 is 5.97 Å². The lowest BCUT2D eigenvalue weighted by Crippen LogP contribution is -2.15. The fraction of sp³-hybridized carbons (Fsp3) is 0.929. The Kier molecular flexibility index (Phi) is 36.0. The summed E-state index contributed by atoms with van der Waals surface area (Å²) in [5.74, 6) is 0.311. The molecule has 0 heterocycles. The van der Waals surface area contributed by atoms with Crippen LogP contribution in [-0.4, -0.2) is 12.6 Å². The van der Waals surface area contributed by atoms with Crippen LogP contribution < -0.4 is 0 Å². The highest BCUT2D eigenvalue weighted by molar-refractivity contribution is 5.86. The lowest BCUT2D eigenvalue weighted by molar-refractivity contribution is -0.140. The Morgan fingerprint density at radius 1 is 0.432 bits per heavy atom. The van der Waals surface area contributed by atoms with Crippen molar-refractivity contribution in [2.45, 2.75) is 239 Å². The summed E-state index contributed by atoms with van der Waals surface area (Å²) in [5.41, 5.74) is 0.522. The Balaban J connectivity index is 3.72. The normalized spacial score (nSPS) is 11.5. The van der Waals surface area contributed by atoms with Crippen molar-refractivity contribution >= 4 is 5.97 Å². The van der Waals surface area contributed by atoms with Crippen molar-refractivity contribution in [3.63, 3.8) is 0 Å². The second kappa shape index (κ2) is 36.7. The number of rotatable bonds is 37. The number of hydrogen-bond acceptors (Lipinski definition) is 2. The molecule has 0 aliphatic rings. The molecule has 0 fully saturated rings. The van der Waals surface area contributed by atoms with Gasteiger partial charge in [-0.2, -0.15) is 0 Å². The number of esters is 1. The number of unbranched alkanes of at least 4 members (excludes halogenated alkanes) is 30. The molecule has 0 radical (unpaired) electrons. The third-order valence-electron chi connectivity index (χ3n) is 9.73. The van der Waals surface area contributed by atoms with Crippen molar-refractivity contribution < 1.29 is 9.53 Å². The quantitative estimate of drug-likeness (QED) is 0.0393. The predicted molar refractivity (Wildman–Crippen MR) is 198 cm³/mol. The highest BCUT2D eigenvalue weighted by atomic mass is 16.5. The van der Waals surface area contributed by atoms with Gasteiger partial charge in [-0.3, -0.25) is 0 Å². The average molecular weight is 619 g/mol. The molecule has 0 unspecified atom stereocenters. The first-order valence-electron chi connectivity index (χ1n) is 20.4. The van der Waals surface area contributed by atoms with Crippen molar-refractivity contribution in [3.05, 3.63) is 12.2 Å². The number of ether oxygens (including phenoxy) is 1. The predicted octanol–water partition coefficient (Wildman–Crippen LogP) is 15.0. The molecule has 2 nitrogen and oxygen atoms in total. The first-order valence-corrected chi connectivity index (χ1v) is 20.4. The van der Waals surface area contributed by atoms with Crippen molar-refractivity contribution in [2.24, 2.45) is 5.92 Å². The van der Waals surface area contributed by atoms with Gasteiger partial charge in [0.15, 0.2) is 0 Å². The summed E-state index contributed by atoms with van der Waals surface area (Å²) in [5, 5.41) is 0. The van der Waals surface area contributed by atoms with Gasteiger partial charge in [0.1, 0.15) is 0 Å². The molecule has 262 valence electrons. The summed E-state index contributed by atoms with van der Waals surface area (Å²) < 4.78 is 5.59. The van der Waals surface area contributed by atoms with Crippen LogP contribution in [0.25, 0.3) is 0 Å². The van der Waals surface area contributed by atoms with Crippen LogP contribution in [0.15, 0.2) is 12.2 Å². The highest BCUT2D eigenvalue weighted by Crippen LogP contribution is 2.21. The van der Waals surface area contributed by atoms with Crippen molar-refractivity contribution in [1.29, 1.82) is 0 Å². The van der Waals surface area contributed by atoms with Gasteiger partial charge in [0.25, 0.3) is 0 Å². The van der Waals surface area contributed by atoms with Crippen LogP contribution in [0, 0.1) is 5.92 Å². The number of carbonyl (C=O) groups is 1. The minimum atomic E-state index is -0.214. The second-order valence-electron chi connectivity index (χ2n) is 14.4. The van der Waals surface area contributed by atoms with E-state index in [4.69, 9.17) is 4.74 Å². The molecule has 0 aromatic heterocycles. The Hall–Kier alpha value is -0.790. The van der Waals surface area contributed by atoms with Crippen LogP contribution in [0.1, 0.15) is 239 Å². The van der Waals surface area contributed by atoms with Crippen molar-refractivity contribution in [1.82, 2.24) is 0 Å². The van der Waals surface area contributed by atoms with Gasteiger partial charge < -0.3 is 4.74 Å². The summed E-state index contributed by atoms with van der Waals surface area (Å²) in [4.78, 5) is 12.0. The van der Waals surface area contributed by atoms with E-state index in [1.165, 1.54) is 218 Å². The highest BCUT2D eigenvalue weighted by Gasteiger charge is 2.12. The Bertz CT molecular complexity index is 546. The van der Waals surface area contributed by atoms with Crippen LogP contribution in [0.3, 0.4) is 0 Å². The first kappa shape index (κ1) is 43.2. The van der Waals surface area contributed by atoms with Gasteiger partial charge in [-0.1, -0.05) is 226 Å². The van der Waals surface area contributed by atoms with Crippen LogP contribution in [0.2, 0.25) is 0 Å². The lowest BCUT2D eigenvalue weighted by Gasteiger charge is -2.17. The molecule has 0 aliphatic carbocycles. The standard InChI is InChI=1S/C42H82O2/c1-5-7-9-11-13-15-17-19-21-23-25-27-29-31-33-35-37-41(39-44-42(43)40(3)4)38-36-34-32-30-28-26-24-22-20-18-16-14-12-10-8-6-2/h41H,3,5-39H2,1-2,4H3. The molecule has 0 rings (SSSR count). The van der Waals surface area contributed by atoms with Gasteiger partial charge in [0, 0.05) is 5.57 Å². The summed E-state index contributed by atoms with van der Waals surface area (Å²) in [7, 11) is 0. The van der Waals surface area contributed by atoms with E-state index in [1.807, 2.05) is 0 Å². The van der Waals surface area contributed by atoms with E-state index in [0.29, 0.717) is 18.1 Å². The zero-order valence-electron chi connectivity index (χ0n) is 30.8. The molecule has 0 bridgehead atoms. The lowest BCUT2D eigenvalue weighted by atomic mass is 9.94. The summed E-state index contributed by atoms with van der Waals surface area (Å²) in [6.45, 7) is 10.7. The molecule has 44 heavy (non-hydrogen) atoms. The first-order chi connectivity index (χ1) is 21.6. The molecule has 0 atom stereocenters. The second-order valence-corrected chi connectivity index (χ2v) is 14.4. The topological polar surface area (TPSA) is 26.3 Å². The van der Waals surface area contributed by atoms with Gasteiger partial charge in [-0.05, 0) is 25.7 Å². The molecular weight excluding hydrogens is 536 g/mol. The molecule has 0 saturated heterocycles. The third-order valence-corrected chi connectivity index (χ3v) is 9.73. The van der Waals surface area contributed by atoms with E-state index in [9.17, 15) is 4.79 Å². The smallest absolute Gasteiger partial charge is 0.333 e. The van der Waals surface area contributed by atoms with E-state index >= 15 is 0 Å². The third kappa shape index (κ3) is 34.1. The molecule has 0 aliphatic heterocycles. The zero-order chi connectivity index (χ0) is 32.2. The Morgan fingerprint density at radius 3 is 0.886 bits per heavy atom. The van der Waals surface area contributed by atoms with Crippen LogP contribution >= 0.6 is 0 Å². The Labute approximate surface area is 278 Å². The van der Waals surface area contributed by atoms with E-state index in [-0.39, 0.29) is 5.97 Å². The molecule has 0 amide bonds.